The normalized spacial score (nSPS) is 16.9. The number of benzene rings is 1. The molecule has 1 aliphatic carbocycles. The van der Waals surface area contributed by atoms with Gasteiger partial charge in [-0.05, 0) is 42.9 Å². The average Bonchev–Trinajstić information content (AvgIpc) is 3.17. The van der Waals surface area contributed by atoms with Crippen LogP contribution in [-0.2, 0) is 26.4 Å². The maximum atomic E-state index is 4.75. The standard InChI is InChI=1S/C20H21N5S/c1-12-7-8-13-16(9-12)26-20-18(13)19(22-11-23-20)21-10-17-24-14-5-3-4-6-15(14)25(17)2/h3-6,11-12H,7-10H2,1-2H3,(H,21,22,23)/t12-/m1/s1. The van der Waals surface area contributed by atoms with Crippen molar-refractivity contribution in [3.8, 4) is 0 Å². The molecule has 0 amide bonds. The van der Waals surface area contributed by atoms with Crippen LogP contribution in [0, 0.1) is 5.92 Å². The van der Waals surface area contributed by atoms with Crippen LogP contribution in [-0.4, -0.2) is 19.5 Å². The third-order valence-corrected chi connectivity index (χ3v) is 6.55. The summed E-state index contributed by atoms with van der Waals surface area (Å²) in [5.74, 6) is 2.71. The third kappa shape index (κ3) is 2.48. The second-order valence-electron chi connectivity index (χ2n) is 7.18. The van der Waals surface area contributed by atoms with E-state index in [0.29, 0.717) is 6.54 Å². The summed E-state index contributed by atoms with van der Waals surface area (Å²) in [6.45, 7) is 2.99. The van der Waals surface area contributed by atoms with Crippen LogP contribution in [0.2, 0.25) is 0 Å². The highest BCUT2D eigenvalue weighted by Crippen LogP contribution is 2.39. The maximum absolute atomic E-state index is 4.75. The van der Waals surface area contributed by atoms with E-state index < -0.39 is 0 Å². The molecule has 26 heavy (non-hydrogen) atoms. The van der Waals surface area contributed by atoms with Gasteiger partial charge >= 0.3 is 0 Å². The number of anilines is 1. The Morgan fingerprint density at radius 2 is 2.15 bits per heavy atom. The maximum Gasteiger partial charge on any atom is 0.138 e. The number of aromatic nitrogens is 4. The average molecular weight is 363 g/mol. The Balaban J connectivity index is 1.50. The van der Waals surface area contributed by atoms with E-state index in [4.69, 9.17) is 4.98 Å². The van der Waals surface area contributed by atoms with Gasteiger partial charge in [0.05, 0.1) is 23.0 Å². The van der Waals surface area contributed by atoms with E-state index in [9.17, 15) is 0 Å². The first-order chi connectivity index (χ1) is 12.7. The molecule has 5 rings (SSSR count). The molecule has 3 heterocycles. The summed E-state index contributed by atoms with van der Waals surface area (Å²) in [7, 11) is 2.07. The number of nitrogens with one attached hydrogen (secondary N) is 1. The van der Waals surface area contributed by atoms with E-state index in [1.165, 1.54) is 28.7 Å². The van der Waals surface area contributed by atoms with Crippen molar-refractivity contribution in [3.05, 3.63) is 46.9 Å². The minimum absolute atomic E-state index is 0.651. The fraction of sp³-hybridized carbons (Fsp3) is 0.350. The summed E-state index contributed by atoms with van der Waals surface area (Å²) in [5, 5.41) is 4.75. The topological polar surface area (TPSA) is 55.6 Å². The molecule has 1 N–H and O–H groups in total. The summed E-state index contributed by atoms with van der Waals surface area (Å²) >= 11 is 1.83. The largest absolute Gasteiger partial charge is 0.362 e. The van der Waals surface area contributed by atoms with Gasteiger partial charge in [0.25, 0.3) is 0 Å². The lowest BCUT2D eigenvalue weighted by atomic mass is 9.89. The van der Waals surface area contributed by atoms with E-state index in [1.54, 1.807) is 6.33 Å². The van der Waals surface area contributed by atoms with Gasteiger partial charge in [-0.2, -0.15) is 0 Å². The fourth-order valence-corrected chi connectivity index (χ4v) is 5.28. The predicted molar refractivity (Wildman–Crippen MR) is 107 cm³/mol. The van der Waals surface area contributed by atoms with E-state index in [-0.39, 0.29) is 0 Å². The van der Waals surface area contributed by atoms with Gasteiger partial charge in [0.1, 0.15) is 22.8 Å². The van der Waals surface area contributed by atoms with Crippen LogP contribution in [0.5, 0.6) is 0 Å². The molecule has 0 aliphatic heterocycles. The summed E-state index contributed by atoms with van der Waals surface area (Å²) in [6.07, 6.45) is 5.22. The van der Waals surface area contributed by atoms with E-state index in [2.05, 4.69) is 46.0 Å². The van der Waals surface area contributed by atoms with Crippen LogP contribution in [0.4, 0.5) is 5.82 Å². The molecule has 0 unspecified atom stereocenters. The number of nitrogens with zero attached hydrogens (tertiary/aromatic N) is 4. The molecule has 4 aromatic rings. The Labute approximate surface area is 156 Å². The van der Waals surface area contributed by atoms with Crippen molar-refractivity contribution in [1.29, 1.82) is 0 Å². The van der Waals surface area contributed by atoms with Crippen LogP contribution in [0.25, 0.3) is 21.3 Å². The van der Waals surface area contributed by atoms with Gasteiger partial charge in [0.2, 0.25) is 0 Å². The highest BCUT2D eigenvalue weighted by molar-refractivity contribution is 7.19. The highest BCUT2D eigenvalue weighted by atomic mass is 32.1. The van der Waals surface area contributed by atoms with Gasteiger partial charge in [-0.25, -0.2) is 15.0 Å². The molecular weight excluding hydrogens is 342 g/mol. The van der Waals surface area contributed by atoms with Crippen molar-refractivity contribution in [1.82, 2.24) is 19.5 Å². The van der Waals surface area contributed by atoms with E-state index in [0.717, 1.165) is 39.8 Å². The number of aryl methyl sites for hydroxylation is 2. The zero-order valence-electron chi connectivity index (χ0n) is 15.0. The van der Waals surface area contributed by atoms with Crippen LogP contribution >= 0.6 is 11.3 Å². The fourth-order valence-electron chi connectivity index (χ4n) is 3.93. The van der Waals surface area contributed by atoms with Gasteiger partial charge in [0.15, 0.2) is 0 Å². The first kappa shape index (κ1) is 15.8. The third-order valence-electron chi connectivity index (χ3n) is 5.39. The Kier molecular flexibility index (Phi) is 3.67. The zero-order valence-corrected chi connectivity index (χ0v) is 15.8. The first-order valence-corrected chi connectivity index (χ1v) is 9.92. The molecular formula is C20H21N5S. The second kappa shape index (κ2) is 6.06. The van der Waals surface area contributed by atoms with Crippen LogP contribution < -0.4 is 5.32 Å². The van der Waals surface area contributed by atoms with Crippen molar-refractivity contribution >= 4 is 38.4 Å². The molecule has 1 atom stereocenters. The van der Waals surface area contributed by atoms with Crippen molar-refractivity contribution in [2.45, 2.75) is 32.7 Å². The van der Waals surface area contributed by atoms with Gasteiger partial charge in [-0.1, -0.05) is 19.1 Å². The smallest absolute Gasteiger partial charge is 0.138 e. The molecule has 0 fully saturated rings. The molecule has 0 bridgehead atoms. The number of hydrogen-bond acceptors (Lipinski definition) is 5. The Morgan fingerprint density at radius 3 is 3.04 bits per heavy atom. The summed E-state index contributed by atoms with van der Waals surface area (Å²) in [6, 6.07) is 8.23. The van der Waals surface area contributed by atoms with Gasteiger partial charge in [-0.15, -0.1) is 11.3 Å². The molecule has 0 spiro atoms. The number of para-hydroxylation sites is 2. The lowest BCUT2D eigenvalue weighted by Crippen LogP contribution is -2.10. The van der Waals surface area contributed by atoms with Gasteiger partial charge in [0, 0.05) is 11.9 Å². The number of fused-ring (bicyclic) bond motifs is 4. The minimum atomic E-state index is 0.651. The Morgan fingerprint density at radius 1 is 1.27 bits per heavy atom. The lowest BCUT2D eigenvalue weighted by Gasteiger charge is -2.18. The van der Waals surface area contributed by atoms with Crippen molar-refractivity contribution in [2.24, 2.45) is 13.0 Å². The van der Waals surface area contributed by atoms with Crippen LogP contribution in [0.1, 0.15) is 29.6 Å². The molecule has 0 saturated heterocycles. The van der Waals surface area contributed by atoms with Crippen LogP contribution in [0.3, 0.4) is 0 Å². The highest BCUT2D eigenvalue weighted by Gasteiger charge is 2.23. The minimum Gasteiger partial charge on any atom is -0.362 e. The van der Waals surface area contributed by atoms with E-state index in [1.807, 2.05) is 23.5 Å². The number of hydrogen-bond donors (Lipinski definition) is 1. The SMILES string of the molecule is C[C@@H]1CCc2c(sc3ncnc(NCc4nc5ccccc5n4C)c23)C1. The molecule has 5 nitrogen and oxygen atoms in total. The van der Waals surface area contributed by atoms with Gasteiger partial charge < -0.3 is 9.88 Å². The van der Waals surface area contributed by atoms with Gasteiger partial charge in [-0.3, -0.25) is 0 Å². The van der Waals surface area contributed by atoms with Crippen LogP contribution in [0.15, 0.2) is 30.6 Å². The predicted octanol–water partition coefficient (Wildman–Crippen LogP) is 4.31. The quantitative estimate of drug-likeness (QED) is 0.589. The molecule has 132 valence electrons. The molecule has 1 aliphatic rings. The lowest BCUT2D eigenvalue weighted by molar-refractivity contribution is 0.509. The van der Waals surface area contributed by atoms with E-state index >= 15 is 0 Å². The number of imidazole rings is 1. The summed E-state index contributed by atoms with van der Waals surface area (Å²) < 4.78 is 2.14. The molecule has 1 aromatic carbocycles. The molecule has 0 saturated carbocycles. The summed E-state index contributed by atoms with van der Waals surface area (Å²) in [5.41, 5.74) is 3.64. The molecule has 6 heteroatoms. The number of rotatable bonds is 3. The Hall–Kier alpha value is -2.47. The van der Waals surface area contributed by atoms with Crippen molar-refractivity contribution in [3.63, 3.8) is 0 Å². The van der Waals surface area contributed by atoms with Crippen molar-refractivity contribution in [2.75, 3.05) is 5.32 Å². The first-order valence-electron chi connectivity index (χ1n) is 9.10. The molecule has 0 radical (unpaired) electrons. The van der Waals surface area contributed by atoms with Crippen molar-refractivity contribution < 1.29 is 0 Å². The Bertz CT molecular complexity index is 1110. The number of thiophene rings is 1. The second-order valence-corrected chi connectivity index (χ2v) is 8.27. The molecule has 3 aromatic heterocycles. The monoisotopic (exact) mass is 363 g/mol. The zero-order chi connectivity index (χ0) is 17.7. The summed E-state index contributed by atoms with van der Waals surface area (Å²) in [4.78, 5) is 16.4.